The van der Waals surface area contributed by atoms with Gasteiger partial charge in [-0.25, -0.2) is 4.98 Å². The van der Waals surface area contributed by atoms with Crippen molar-refractivity contribution in [3.8, 4) is 11.3 Å². The predicted molar refractivity (Wildman–Crippen MR) is 101 cm³/mol. The molecular weight excluding hydrogens is 316 g/mol. The first-order chi connectivity index (χ1) is 11.5. The molecule has 0 saturated heterocycles. The Kier molecular flexibility index (Phi) is 4.76. The molecule has 0 radical (unpaired) electrons. The van der Waals surface area contributed by atoms with Crippen molar-refractivity contribution in [2.24, 2.45) is 0 Å². The number of nitrogens with one attached hydrogen (secondary N) is 1. The highest BCUT2D eigenvalue weighted by Gasteiger charge is 2.12. The van der Waals surface area contributed by atoms with Crippen LogP contribution in [0.3, 0.4) is 0 Å². The summed E-state index contributed by atoms with van der Waals surface area (Å²) < 4.78 is 0. The lowest BCUT2D eigenvalue weighted by molar-refractivity contribution is -0.115. The van der Waals surface area contributed by atoms with E-state index in [0.717, 1.165) is 16.8 Å². The molecule has 0 aliphatic rings. The first kappa shape index (κ1) is 16.4. The monoisotopic (exact) mass is 336 g/mol. The first-order valence-electron chi connectivity index (χ1n) is 7.90. The average molecular weight is 336 g/mol. The van der Waals surface area contributed by atoms with Gasteiger partial charge in [0, 0.05) is 10.9 Å². The predicted octanol–water partition coefficient (Wildman–Crippen LogP) is 4.92. The topological polar surface area (TPSA) is 42.0 Å². The van der Waals surface area contributed by atoms with Gasteiger partial charge in [0.1, 0.15) is 0 Å². The van der Waals surface area contributed by atoms with E-state index < -0.39 is 0 Å². The molecule has 0 saturated carbocycles. The van der Waals surface area contributed by atoms with E-state index in [1.807, 2.05) is 35.7 Å². The number of aryl methyl sites for hydroxylation is 3. The van der Waals surface area contributed by atoms with E-state index >= 15 is 0 Å². The Labute approximate surface area is 146 Å². The van der Waals surface area contributed by atoms with E-state index in [9.17, 15) is 4.79 Å². The Hall–Kier alpha value is -2.46. The van der Waals surface area contributed by atoms with Crippen LogP contribution in [0, 0.1) is 20.8 Å². The summed E-state index contributed by atoms with van der Waals surface area (Å²) in [5.41, 5.74) is 6.74. The zero-order valence-electron chi connectivity index (χ0n) is 14.1. The lowest BCUT2D eigenvalue weighted by atomic mass is 9.98. The number of carbonyl (C=O) groups excluding carboxylic acids is 1. The lowest BCUT2D eigenvalue weighted by Crippen LogP contribution is -2.14. The van der Waals surface area contributed by atoms with Gasteiger partial charge in [-0.05, 0) is 37.5 Å². The van der Waals surface area contributed by atoms with E-state index in [4.69, 9.17) is 0 Å². The van der Waals surface area contributed by atoms with Crippen LogP contribution in [-0.2, 0) is 11.2 Å². The number of anilines is 1. The highest BCUT2D eigenvalue weighted by molar-refractivity contribution is 7.14. The van der Waals surface area contributed by atoms with E-state index in [0.29, 0.717) is 11.6 Å². The van der Waals surface area contributed by atoms with E-state index in [1.54, 1.807) is 0 Å². The quantitative estimate of drug-likeness (QED) is 0.735. The maximum absolute atomic E-state index is 12.2. The molecule has 3 aromatic rings. The minimum absolute atomic E-state index is 0.0422. The van der Waals surface area contributed by atoms with Gasteiger partial charge in [0.25, 0.3) is 0 Å². The summed E-state index contributed by atoms with van der Waals surface area (Å²) in [6.07, 6.45) is 0.359. The largest absolute Gasteiger partial charge is 0.302 e. The molecule has 122 valence electrons. The number of aromatic nitrogens is 1. The van der Waals surface area contributed by atoms with Gasteiger partial charge in [-0.1, -0.05) is 48.0 Å². The maximum Gasteiger partial charge on any atom is 0.230 e. The van der Waals surface area contributed by atoms with Gasteiger partial charge < -0.3 is 5.32 Å². The van der Waals surface area contributed by atoms with Crippen molar-refractivity contribution < 1.29 is 4.79 Å². The Morgan fingerprint density at radius 2 is 1.75 bits per heavy atom. The van der Waals surface area contributed by atoms with Crippen LogP contribution in [0.15, 0.2) is 47.8 Å². The highest BCUT2D eigenvalue weighted by Crippen LogP contribution is 2.31. The molecule has 0 fully saturated rings. The molecule has 1 amide bonds. The molecule has 1 heterocycles. The lowest BCUT2D eigenvalue weighted by Gasteiger charge is -2.08. The molecular formula is C20H20N2OS. The number of benzene rings is 2. The van der Waals surface area contributed by atoms with Crippen molar-refractivity contribution in [3.63, 3.8) is 0 Å². The summed E-state index contributed by atoms with van der Waals surface area (Å²) in [6, 6.07) is 14.0. The zero-order chi connectivity index (χ0) is 17.1. The second-order valence-corrected chi connectivity index (χ2v) is 6.88. The van der Waals surface area contributed by atoms with Gasteiger partial charge >= 0.3 is 0 Å². The Morgan fingerprint density at radius 1 is 1.08 bits per heavy atom. The summed E-state index contributed by atoms with van der Waals surface area (Å²) in [4.78, 5) is 16.8. The second kappa shape index (κ2) is 6.97. The van der Waals surface area contributed by atoms with Crippen LogP contribution in [0.2, 0.25) is 0 Å². The third kappa shape index (κ3) is 3.71. The number of hydrogen-bond acceptors (Lipinski definition) is 3. The number of amides is 1. The van der Waals surface area contributed by atoms with Gasteiger partial charge in [-0.15, -0.1) is 11.3 Å². The Bertz CT molecular complexity index is 845. The normalized spacial score (nSPS) is 10.6. The van der Waals surface area contributed by atoms with Crippen molar-refractivity contribution in [1.82, 2.24) is 4.98 Å². The fourth-order valence-electron chi connectivity index (χ4n) is 2.97. The van der Waals surface area contributed by atoms with Gasteiger partial charge in [-0.3, -0.25) is 4.79 Å². The molecule has 4 heteroatoms. The molecule has 3 nitrogen and oxygen atoms in total. The zero-order valence-corrected chi connectivity index (χ0v) is 14.9. The van der Waals surface area contributed by atoms with Crippen LogP contribution in [0.1, 0.15) is 22.3 Å². The molecule has 0 atom stereocenters. The van der Waals surface area contributed by atoms with Crippen molar-refractivity contribution in [2.45, 2.75) is 27.2 Å². The fourth-order valence-corrected chi connectivity index (χ4v) is 3.69. The molecule has 24 heavy (non-hydrogen) atoms. The number of carbonyl (C=O) groups is 1. The minimum Gasteiger partial charge on any atom is -0.302 e. The van der Waals surface area contributed by atoms with Crippen molar-refractivity contribution >= 4 is 22.4 Å². The summed E-state index contributed by atoms with van der Waals surface area (Å²) in [5, 5.41) is 5.55. The van der Waals surface area contributed by atoms with Crippen LogP contribution in [0.5, 0.6) is 0 Å². The summed E-state index contributed by atoms with van der Waals surface area (Å²) >= 11 is 1.46. The molecule has 1 N–H and O–H groups in total. The smallest absolute Gasteiger partial charge is 0.230 e. The number of thiazole rings is 1. The molecule has 0 unspecified atom stereocenters. The molecule has 0 bridgehead atoms. The molecule has 0 aliphatic heterocycles. The van der Waals surface area contributed by atoms with Crippen LogP contribution in [-0.4, -0.2) is 10.9 Å². The summed E-state index contributed by atoms with van der Waals surface area (Å²) in [6.45, 7) is 6.30. The van der Waals surface area contributed by atoms with Gasteiger partial charge in [0.05, 0.1) is 12.1 Å². The highest BCUT2D eigenvalue weighted by atomic mass is 32.1. The maximum atomic E-state index is 12.2. The third-order valence-corrected chi connectivity index (χ3v) is 4.65. The SMILES string of the molecule is Cc1cc(C)c(-c2csc(NC(=O)Cc3ccccc3)n2)c(C)c1. The van der Waals surface area contributed by atoms with E-state index in [1.165, 1.54) is 28.0 Å². The summed E-state index contributed by atoms with van der Waals surface area (Å²) in [7, 11) is 0. The van der Waals surface area contributed by atoms with Gasteiger partial charge in [-0.2, -0.15) is 0 Å². The second-order valence-electron chi connectivity index (χ2n) is 6.02. The molecule has 0 aliphatic carbocycles. The van der Waals surface area contributed by atoms with Gasteiger partial charge in [0.15, 0.2) is 5.13 Å². The number of rotatable bonds is 4. The molecule has 0 spiro atoms. The molecule has 1 aromatic heterocycles. The van der Waals surface area contributed by atoms with E-state index in [2.05, 4.69) is 43.2 Å². The number of nitrogens with zero attached hydrogens (tertiary/aromatic N) is 1. The Morgan fingerprint density at radius 3 is 2.42 bits per heavy atom. The fraction of sp³-hybridized carbons (Fsp3) is 0.200. The third-order valence-electron chi connectivity index (χ3n) is 3.89. The van der Waals surface area contributed by atoms with Crippen LogP contribution in [0.4, 0.5) is 5.13 Å². The minimum atomic E-state index is -0.0422. The van der Waals surface area contributed by atoms with Gasteiger partial charge in [0.2, 0.25) is 5.91 Å². The average Bonchev–Trinajstić information content (AvgIpc) is 2.95. The van der Waals surface area contributed by atoms with Crippen molar-refractivity contribution in [1.29, 1.82) is 0 Å². The van der Waals surface area contributed by atoms with Crippen LogP contribution in [0.25, 0.3) is 11.3 Å². The van der Waals surface area contributed by atoms with Crippen molar-refractivity contribution in [3.05, 3.63) is 70.1 Å². The van der Waals surface area contributed by atoms with Crippen LogP contribution >= 0.6 is 11.3 Å². The number of hydrogen-bond donors (Lipinski definition) is 1. The molecule has 2 aromatic carbocycles. The van der Waals surface area contributed by atoms with E-state index in [-0.39, 0.29) is 5.91 Å². The van der Waals surface area contributed by atoms with Crippen LogP contribution < -0.4 is 5.32 Å². The standard InChI is InChI=1S/C20H20N2OS/c1-13-9-14(2)19(15(3)10-13)17-12-24-20(21-17)22-18(23)11-16-7-5-4-6-8-16/h4-10,12H,11H2,1-3H3,(H,21,22,23). The first-order valence-corrected chi connectivity index (χ1v) is 8.78. The van der Waals surface area contributed by atoms with Crippen molar-refractivity contribution in [2.75, 3.05) is 5.32 Å². The summed E-state index contributed by atoms with van der Waals surface area (Å²) in [5.74, 6) is -0.0422. The Balaban J connectivity index is 1.76. The molecule has 3 rings (SSSR count).